The van der Waals surface area contributed by atoms with Gasteiger partial charge in [0.05, 0.1) is 5.56 Å². The summed E-state index contributed by atoms with van der Waals surface area (Å²) in [5.74, 6) is 0.871. The van der Waals surface area contributed by atoms with Crippen LogP contribution < -0.4 is 4.90 Å². The SMILES string of the molecule is CCN(c1nc2c(cc1C#N)CCCC2)C(C)C. The number of rotatable bonds is 3. The molecule has 0 saturated heterocycles. The third kappa shape index (κ3) is 2.33. The number of pyridine rings is 1. The standard InChI is InChI=1S/C15H21N3/c1-4-18(11(2)3)15-13(10-16)9-12-7-5-6-8-14(12)17-15/h9,11H,4-8H2,1-3H3. The third-order valence-corrected chi connectivity index (χ3v) is 3.64. The highest BCUT2D eigenvalue weighted by Gasteiger charge is 2.19. The molecule has 3 heteroatoms. The summed E-state index contributed by atoms with van der Waals surface area (Å²) in [5, 5.41) is 9.33. The minimum absolute atomic E-state index is 0.372. The average Bonchev–Trinajstić information content (AvgIpc) is 2.38. The molecule has 0 N–H and O–H groups in total. The van der Waals surface area contributed by atoms with E-state index in [1.165, 1.54) is 24.1 Å². The predicted octanol–water partition coefficient (Wildman–Crippen LogP) is 3.07. The summed E-state index contributed by atoms with van der Waals surface area (Å²) in [6, 6.07) is 4.74. The highest BCUT2D eigenvalue weighted by molar-refractivity contribution is 5.57. The van der Waals surface area contributed by atoms with Crippen LogP contribution in [0.4, 0.5) is 5.82 Å². The Kier molecular flexibility index (Phi) is 3.86. The quantitative estimate of drug-likeness (QED) is 0.819. The smallest absolute Gasteiger partial charge is 0.147 e. The minimum atomic E-state index is 0.372. The number of aryl methyl sites for hydroxylation is 2. The molecular formula is C15H21N3. The summed E-state index contributed by atoms with van der Waals surface area (Å²) in [6.45, 7) is 7.29. The maximum atomic E-state index is 9.33. The molecule has 0 spiro atoms. The molecule has 2 rings (SSSR count). The maximum Gasteiger partial charge on any atom is 0.147 e. The van der Waals surface area contributed by atoms with Crippen molar-refractivity contribution in [3.63, 3.8) is 0 Å². The van der Waals surface area contributed by atoms with Gasteiger partial charge in [-0.3, -0.25) is 0 Å². The predicted molar refractivity (Wildman–Crippen MR) is 73.8 cm³/mol. The lowest BCUT2D eigenvalue weighted by Gasteiger charge is -2.28. The van der Waals surface area contributed by atoms with E-state index in [0.717, 1.165) is 30.8 Å². The summed E-state index contributed by atoms with van der Waals surface area (Å²) in [5.41, 5.74) is 3.21. The van der Waals surface area contributed by atoms with E-state index in [9.17, 15) is 5.26 Å². The van der Waals surface area contributed by atoms with Crippen LogP contribution in [0.1, 0.15) is 50.4 Å². The van der Waals surface area contributed by atoms with Crippen molar-refractivity contribution in [2.75, 3.05) is 11.4 Å². The van der Waals surface area contributed by atoms with Crippen LogP contribution in [0.15, 0.2) is 6.07 Å². The first kappa shape index (κ1) is 12.9. The molecule has 3 nitrogen and oxygen atoms in total. The highest BCUT2D eigenvalue weighted by Crippen LogP contribution is 2.27. The van der Waals surface area contributed by atoms with Crippen molar-refractivity contribution in [2.45, 2.75) is 52.5 Å². The second kappa shape index (κ2) is 5.39. The van der Waals surface area contributed by atoms with E-state index >= 15 is 0 Å². The molecule has 0 aliphatic heterocycles. The van der Waals surface area contributed by atoms with Crippen molar-refractivity contribution in [2.24, 2.45) is 0 Å². The first-order valence-electron chi connectivity index (χ1n) is 6.87. The molecule has 0 bridgehead atoms. The third-order valence-electron chi connectivity index (χ3n) is 3.64. The van der Waals surface area contributed by atoms with Gasteiger partial charge in [-0.15, -0.1) is 0 Å². The zero-order chi connectivity index (χ0) is 13.1. The molecule has 96 valence electrons. The molecule has 1 aliphatic rings. The van der Waals surface area contributed by atoms with Crippen LogP contribution in [0.2, 0.25) is 0 Å². The summed E-state index contributed by atoms with van der Waals surface area (Å²) in [6.07, 6.45) is 4.58. The summed E-state index contributed by atoms with van der Waals surface area (Å²) in [4.78, 5) is 6.98. The maximum absolute atomic E-state index is 9.33. The lowest BCUT2D eigenvalue weighted by atomic mass is 9.94. The summed E-state index contributed by atoms with van der Waals surface area (Å²) in [7, 11) is 0. The molecule has 18 heavy (non-hydrogen) atoms. The highest BCUT2D eigenvalue weighted by atomic mass is 15.2. The van der Waals surface area contributed by atoms with Crippen LogP contribution in [0.25, 0.3) is 0 Å². The molecule has 0 radical (unpaired) electrons. The summed E-state index contributed by atoms with van der Waals surface area (Å²) < 4.78 is 0. The van der Waals surface area contributed by atoms with Crippen molar-refractivity contribution in [3.05, 3.63) is 22.9 Å². The van der Waals surface area contributed by atoms with Crippen molar-refractivity contribution in [1.29, 1.82) is 5.26 Å². The van der Waals surface area contributed by atoms with E-state index < -0.39 is 0 Å². The monoisotopic (exact) mass is 243 g/mol. The molecule has 0 aromatic carbocycles. The van der Waals surface area contributed by atoms with Gasteiger partial charge in [-0.25, -0.2) is 4.98 Å². The zero-order valence-corrected chi connectivity index (χ0v) is 11.5. The number of anilines is 1. The number of hydrogen-bond acceptors (Lipinski definition) is 3. The molecule has 0 atom stereocenters. The Hall–Kier alpha value is -1.56. The zero-order valence-electron chi connectivity index (χ0n) is 11.5. The molecule has 0 saturated carbocycles. The van der Waals surface area contributed by atoms with Crippen molar-refractivity contribution >= 4 is 5.82 Å². The Labute approximate surface area is 109 Å². The van der Waals surface area contributed by atoms with Gasteiger partial charge in [0.15, 0.2) is 0 Å². The van der Waals surface area contributed by atoms with Gasteiger partial charge in [0.1, 0.15) is 11.9 Å². The van der Waals surface area contributed by atoms with Crippen molar-refractivity contribution in [1.82, 2.24) is 4.98 Å². The minimum Gasteiger partial charge on any atom is -0.353 e. The molecule has 0 unspecified atom stereocenters. The first-order valence-corrected chi connectivity index (χ1v) is 6.87. The second-order valence-corrected chi connectivity index (χ2v) is 5.16. The van der Waals surface area contributed by atoms with E-state index in [-0.39, 0.29) is 0 Å². The molecular weight excluding hydrogens is 222 g/mol. The molecule has 1 aliphatic carbocycles. The number of nitriles is 1. The van der Waals surface area contributed by atoms with Crippen LogP contribution in [0.5, 0.6) is 0 Å². The van der Waals surface area contributed by atoms with E-state index in [2.05, 4.69) is 37.8 Å². The number of aromatic nitrogens is 1. The lowest BCUT2D eigenvalue weighted by Crippen LogP contribution is -2.32. The Balaban J connectivity index is 2.49. The van der Waals surface area contributed by atoms with Crippen LogP contribution in [-0.4, -0.2) is 17.6 Å². The normalized spacial score (nSPS) is 14.2. The molecule has 0 amide bonds. The number of nitrogens with zero attached hydrogens (tertiary/aromatic N) is 3. The van der Waals surface area contributed by atoms with Gasteiger partial charge in [-0.05, 0) is 58.1 Å². The van der Waals surface area contributed by atoms with Crippen molar-refractivity contribution < 1.29 is 0 Å². The largest absolute Gasteiger partial charge is 0.353 e. The number of fused-ring (bicyclic) bond motifs is 1. The fourth-order valence-electron chi connectivity index (χ4n) is 2.68. The van der Waals surface area contributed by atoms with Gasteiger partial charge in [0.2, 0.25) is 0 Å². The van der Waals surface area contributed by atoms with Crippen LogP contribution >= 0.6 is 0 Å². The lowest BCUT2D eigenvalue weighted by molar-refractivity contribution is 0.652. The molecule has 0 fully saturated rings. The van der Waals surface area contributed by atoms with Crippen LogP contribution in [-0.2, 0) is 12.8 Å². The van der Waals surface area contributed by atoms with E-state index in [1.54, 1.807) is 0 Å². The van der Waals surface area contributed by atoms with Gasteiger partial charge < -0.3 is 4.90 Å². The Morgan fingerprint density at radius 3 is 2.72 bits per heavy atom. The fourth-order valence-corrected chi connectivity index (χ4v) is 2.68. The van der Waals surface area contributed by atoms with E-state index in [4.69, 9.17) is 4.98 Å². The second-order valence-electron chi connectivity index (χ2n) is 5.16. The Morgan fingerprint density at radius 2 is 2.11 bits per heavy atom. The Bertz CT molecular complexity index is 471. The number of hydrogen-bond donors (Lipinski definition) is 0. The van der Waals surface area contributed by atoms with Gasteiger partial charge in [0.25, 0.3) is 0 Å². The topological polar surface area (TPSA) is 39.9 Å². The van der Waals surface area contributed by atoms with Crippen LogP contribution in [0.3, 0.4) is 0 Å². The van der Waals surface area contributed by atoms with Gasteiger partial charge in [0, 0.05) is 18.3 Å². The van der Waals surface area contributed by atoms with Gasteiger partial charge >= 0.3 is 0 Å². The molecule has 1 aromatic rings. The van der Waals surface area contributed by atoms with Gasteiger partial charge in [-0.1, -0.05) is 0 Å². The summed E-state index contributed by atoms with van der Waals surface area (Å²) >= 11 is 0. The van der Waals surface area contributed by atoms with E-state index in [1.807, 2.05) is 0 Å². The Morgan fingerprint density at radius 1 is 1.39 bits per heavy atom. The average molecular weight is 243 g/mol. The first-order chi connectivity index (χ1) is 8.67. The molecule has 1 heterocycles. The van der Waals surface area contributed by atoms with Crippen LogP contribution in [0, 0.1) is 11.3 Å². The van der Waals surface area contributed by atoms with Gasteiger partial charge in [-0.2, -0.15) is 5.26 Å². The van der Waals surface area contributed by atoms with E-state index in [0.29, 0.717) is 6.04 Å². The fraction of sp³-hybridized carbons (Fsp3) is 0.600. The molecule has 1 aromatic heterocycles. The van der Waals surface area contributed by atoms with Crippen molar-refractivity contribution in [3.8, 4) is 6.07 Å².